The van der Waals surface area contributed by atoms with E-state index in [1.54, 1.807) is 0 Å². The highest BCUT2D eigenvalue weighted by atomic mass is 15.1. The monoisotopic (exact) mass is 739 g/mol. The lowest BCUT2D eigenvalue weighted by Crippen LogP contribution is -2.13. The molecule has 0 fully saturated rings. The Bertz CT molecular complexity index is 3350. The van der Waals surface area contributed by atoms with E-state index >= 15 is 0 Å². The first-order valence-corrected chi connectivity index (χ1v) is 19.8. The van der Waals surface area contributed by atoms with Crippen LogP contribution < -0.4 is 0 Å². The van der Waals surface area contributed by atoms with Crippen LogP contribution in [0.3, 0.4) is 0 Å². The maximum atomic E-state index is 4.63. The van der Waals surface area contributed by atoms with Crippen molar-refractivity contribution in [2.24, 2.45) is 0 Å². The molecule has 13 rings (SSSR count). The van der Waals surface area contributed by atoms with Crippen molar-refractivity contribution in [3.63, 3.8) is 0 Å². The van der Waals surface area contributed by atoms with Crippen LogP contribution in [0, 0.1) is 0 Å². The number of benzene rings is 8. The van der Waals surface area contributed by atoms with Crippen molar-refractivity contribution in [3.05, 3.63) is 200 Å². The third kappa shape index (κ3) is 4.11. The molecule has 0 bridgehead atoms. The molecule has 0 N–H and O–H groups in total. The van der Waals surface area contributed by atoms with Crippen molar-refractivity contribution in [2.75, 3.05) is 0 Å². The summed E-state index contributed by atoms with van der Waals surface area (Å²) in [5, 5.41) is 9.60. The molecule has 0 atom stereocenters. The Balaban J connectivity index is 1.35. The Morgan fingerprint density at radius 1 is 0.241 bits per heavy atom. The second-order valence-corrected chi connectivity index (χ2v) is 15.2. The highest BCUT2D eigenvalue weighted by Crippen LogP contribution is 2.46. The largest absolute Gasteiger partial charge is 0.307 e. The molecule has 270 valence electrons. The summed E-state index contributed by atoms with van der Waals surface area (Å²) >= 11 is 0. The van der Waals surface area contributed by atoms with Gasteiger partial charge in [0.1, 0.15) is 0 Å². The molecule has 5 heterocycles. The van der Waals surface area contributed by atoms with Gasteiger partial charge in [-0.2, -0.15) is 0 Å². The minimum absolute atomic E-state index is 1.07. The van der Waals surface area contributed by atoms with E-state index < -0.39 is 0 Å². The lowest BCUT2D eigenvalue weighted by atomic mass is 10.1. The van der Waals surface area contributed by atoms with E-state index in [0.29, 0.717) is 0 Å². The lowest BCUT2D eigenvalue weighted by Gasteiger charge is -2.25. The van der Waals surface area contributed by atoms with Crippen molar-refractivity contribution in [2.45, 2.75) is 0 Å². The molecule has 5 aromatic heterocycles. The number of pyridine rings is 1. The average molecular weight is 740 g/mol. The Morgan fingerprint density at radius 2 is 0.500 bits per heavy atom. The highest BCUT2D eigenvalue weighted by molar-refractivity contribution is 6.15. The van der Waals surface area contributed by atoms with E-state index in [2.05, 4.69) is 211 Å². The van der Waals surface area contributed by atoms with E-state index in [1.165, 1.54) is 37.7 Å². The van der Waals surface area contributed by atoms with E-state index in [4.69, 9.17) is 0 Å². The first-order valence-electron chi connectivity index (χ1n) is 19.8. The molecule has 0 aliphatic carbocycles. The number of hydrogen-bond donors (Lipinski definition) is 0. The molecule has 8 aromatic carbocycles. The van der Waals surface area contributed by atoms with Crippen LogP contribution in [-0.2, 0) is 0 Å². The molecular formula is C53H33N5. The van der Waals surface area contributed by atoms with E-state index in [-0.39, 0.29) is 0 Å². The summed E-state index contributed by atoms with van der Waals surface area (Å²) in [7, 11) is 0. The molecule has 0 saturated heterocycles. The average Bonchev–Trinajstić information content (AvgIpc) is 4.01. The summed E-state index contributed by atoms with van der Waals surface area (Å²) in [6, 6.07) is 68.7. The van der Waals surface area contributed by atoms with Crippen LogP contribution in [0.15, 0.2) is 200 Å². The Morgan fingerprint density at radius 3 is 0.828 bits per heavy atom. The van der Waals surface area contributed by atoms with Gasteiger partial charge in [0, 0.05) is 55.5 Å². The molecule has 0 radical (unpaired) electrons. The minimum atomic E-state index is 1.07. The smallest absolute Gasteiger partial charge is 0.0968 e. The molecule has 58 heavy (non-hydrogen) atoms. The van der Waals surface area contributed by atoms with Crippen molar-refractivity contribution in [1.82, 2.24) is 23.3 Å². The quantitative estimate of drug-likeness (QED) is 0.177. The van der Waals surface area contributed by atoms with Crippen molar-refractivity contribution in [1.29, 1.82) is 0 Å². The number of aromatic nitrogens is 5. The highest BCUT2D eigenvalue weighted by Gasteiger charge is 2.28. The van der Waals surface area contributed by atoms with Gasteiger partial charge in [-0.25, -0.2) is 0 Å². The van der Waals surface area contributed by atoms with Gasteiger partial charge in [0.2, 0.25) is 0 Å². The Hall–Kier alpha value is -7.89. The standard InChI is InChI=1S/C53H33N5/c1-8-22-42-34(15-1)35-16-2-9-23-43(35)55(42)50-29-30-51(56-44-24-10-7-21-40(44)41-33-54-32-31-49(41)56)53(58-47-27-13-5-19-38(47)39-20-6-14-28-48(39)58)52(50)57-45-25-11-3-17-36(45)37-18-4-12-26-46(37)57/h1-33H. The van der Waals surface area contributed by atoms with Gasteiger partial charge in [-0.3, -0.25) is 4.98 Å². The first-order chi connectivity index (χ1) is 28.8. The van der Waals surface area contributed by atoms with E-state index in [0.717, 1.165) is 72.3 Å². The fraction of sp³-hybridized carbons (Fsp3) is 0. The second kappa shape index (κ2) is 11.8. The van der Waals surface area contributed by atoms with Gasteiger partial charge in [-0.15, -0.1) is 0 Å². The summed E-state index contributed by atoms with van der Waals surface area (Å²) in [6.45, 7) is 0. The summed E-state index contributed by atoms with van der Waals surface area (Å²) in [4.78, 5) is 4.63. The predicted molar refractivity (Wildman–Crippen MR) is 242 cm³/mol. The van der Waals surface area contributed by atoms with Gasteiger partial charge in [0.15, 0.2) is 0 Å². The molecule has 0 unspecified atom stereocenters. The van der Waals surface area contributed by atoms with Crippen molar-refractivity contribution < 1.29 is 0 Å². The zero-order chi connectivity index (χ0) is 37.9. The molecule has 0 saturated carbocycles. The van der Waals surface area contributed by atoms with Gasteiger partial charge in [0.25, 0.3) is 0 Å². The van der Waals surface area contributed by atoms with Crippen LogP contribution in [0.5, 0.6) is 0 Å². The van der Waals surface area contributed by atoms with E-state index in [9.17, 15) is 0 Å². The molecule has 5 nitrogen and oxygen atoms in total. The molecule has 13 aromatic rings. The fourth-order valence-corrected chi connectivity index (χ4v) is 9.94. The second-order valence-electron chi connectivity index (χ2n) is 15.2. The van der Waals surface area contributed by atoms with Crippen LogP contribution in [0.2, 0.25) is 0 Å². The molecule has 0 aliphatic rings. The fourth-order valence-electron chi connectivity index (χ4n) is 9.94. The SMILES string of the molecule is c1ccc2c(c1)c1ccccc1n2-c1ccc(-n2c3ccccc3c3cnccc32)c(-n2c3ccccc3c3ccccc32)c1-n1c2ccccc2c2ccccc21. The van der Waals surface area contributed by atoms with E-state index in [1.807, 2.05) is 12.4 Å². The lowest BCUT2D eigenvalue weighted by molar-refractivity contribution is 1.02. The van der Waals surface area contributed by atoms with Crippen LogP contribution in [0.1, 0.15) is 0 Å². The number of rotatable bonds is 4. The summed E-state index contributed by atoms with van der Waals surface area (Å²) in [5.41, 5.74) is 13.5. The van der Waals surface area contributed by atoms with Gasteiger partial charge >= 0.3 is 0 Å². The summed E-state index contributed by atoms with van der Waals surface area (Å²) in [6.07, 6.45) is 3.92. The minimum Gasteiger partial charge on any atom is -0.307 e. The number of fused-ring (bicyclic) bond motifs is 12. The van der Waals surface area contributed by atoms with Crippen LogP contribution >= 0.6 is 0 Å². The van der Waals surface area contributed by atoms with Gasteiger partial charge < -0.3 is 18.3 Å². The van der Waals surface area contributed by atoms with Crippen LogP contribution in [0.25, 0.3) is 110 Å². The molecular weight excluding hydrogens is 707 g/mol. The maximum absolute atomic E-state index is 4.63. The molecule has 0 aliphatic heterocycles. The van der Waals surface area contributed by atoms with Crippen molar-refractivity contribution >= 4 is 87.2 Å². The van der Waals surface area contributed by atoms with Crippen molar-refractivity contribution in [3.8, 4) is 22.7 Å². The third-order valence-electron chi connectivity index (χ3n) is 12.3. The molecule has 5 heteroatoms. The number of nitrogens with zero attached hydrogens (tertiary/aromatic N) is 5. The van der Waals surface area contributed by atoms with Gasteiger partial charge in [-0.1, -0.05) is 127 Å². The number of para-hydroxylation sites is 7. The van der Waals surface area contributed by atoms with Gasteiger partial charge in [-0.05, 0) is 60.7 Å². The molecule has 0 amide bonds. The topological polar surface area (TPSA) is 32.6 Å². The maximum Gasteiger partial charge on any atom is 0.0968 e. The third-order valence-corrected chi connectivity index (χ3v) is 12.3. The summed E-state index contributed by atoms with van der Waals surface area (Å²) in [5.74, 6) is 0. The van der Waals surface area contributed by atoms with Crippen LogP contribution in [-0.4, -0.2) is 23.3 Å². The summed E-state index contributed by atoms with van der Waals surface area (Å²) < 4.78 is 10.00. The van der Waals surface area contributed by atoms with Crippen LogP contribution in [0.4, 0.5) is 0 Å². The van der Waals surface area contributed by atoms with Gasteiger partial charge in [0.05, 0.1) is 66.9 Å². The zero-order valence-corrected chi connectivity index (χ0v) is 31.3. The first kappa shape index (κ1) is 31.3. The predicted octanol–water partition coefficient (Wildman–Crippen LogP) is 13.5. The Labute approximate surface area is 332 Å². The molecule has 0 spiro atoms. The Kier molecular flexibility index (Phi) is 6.38. The zero-order valence-electron chi connectivity index (χ0n) is 31.3. The number of hydrogen-bond acceptors (Lipinski definition) is 1. The normalized spacial score (nSPS) is 12.1.